The van der Waals surface area contributed by atoms with Gasteiger partial charge in [0.05, 0.1) is 23.7 Å². The normalized spacial score (nSPS) is 23.7. The lowest BCUT2D eigenvalue weighted by molar-refractivity contribution is -0.179. The monoisotopic (exact) mass is 357 g/mol. The van der Waals surface area contributed by atoms with Crippen molar-refractivity contribution in [3.8, 4) is 0 Å². The van der Waals surface area contributed by atoms with Crippen molar-refractivity contribution in [3.63, 3.8) is 0 Å². The van der Waals surface area contributed by atoms with E-state index in [0.717, 1.165) is 18.6 Å². The Labute approximate surface area is 144 Å². The van der Waals surface area contributed by atoms with Crippen LogP contribution in [0.1, 0.15) is 36.8 Å². The van der Waals surface area contributed by atoms with Crippen molar-refractivity contribution in [1.82, 2.24) is 4.90 Å². The first-order valence-corrected chi connectivity index (χ1v) is 8.56. The van der Waals surface area contributed by atoms with Gasteiger partial charge in [-0.25, -0.2) is 0 Å². The van der Waals surface area contributed by atoms with Gasteiger partial charge in [-0.05, 0) is 37.3 Å². The van der Waals surface area contributed by atoms with Crippen LogP contribution in [0.25, 0.3) is 0 Å². The molecule has 1 N–H and O–H groups in total. The van der Waals surface area contributed by atoms with E-state index >= 15 is 0 Å². The molecule has 1 aromatic rings. The number of rotatable bonds is 2. The number of likely N-dealkylation sites (tertiary alicyclic amines) is 1. The Kier molecular flexibility index (Phi) is 5.06. The Balaban J connectivity index is 1.60. The average Bonchev–Trinajstić information content (AvgIpc) is 2.58. The summed E-state index contributed by atoms with van der Waals surface area (Å²) in [7, 11) is 0. The summed E-state index contributed by atoms with van der Waals surface area (Å²) >= 11 is 0. The average molecular weight is 357 g/mol. The molecule has 0 aromatic heterocycles. The third-order valence-electron chi connectivity index (χ3n) is 5.19. The Hall–Kier alpha value is -1.60. The van der Waals surface area contributed by atoms with E-state index in [1.165, 1.54) is 12.1 Å². The molecule has 1 amide bonds. The number of benzene rings is 1. The lowest BCUT2D eigenvalue weighted by Crippen LogP contribution is -2.56. The van der Waals surface area contributed by atoms with E-state index in [2.05, 4.69) is 0 Å². The number of alkyl halides is 3. The number of amides is 1. The lowest BCUT2D eigenvalue weighted by Gasteiger charge is -2.46. The van der Waals surface area contributed by atoms with Crippen molar-refractivity contribution in [1.29, 1.82) is 0 Å². The molecular formula is C18H22F3NO3. The molecule has 0 radical (unpaired) electrons. The zero-order chi connectivity index (χ0) is 18.1. The maximum absolute atomic E-state index is 12.8. The zero-order valence-electron chi connectivity index (χ0n) is 13.9. The predicted octanol–water partition coefficient (Wildman–Crippen LogP) is 2.78. The zero-order valence-corrected chi connectivity index (χ0v) is 13.9. The maximum Gasteiger partial charge on any atom is 0.416 e. The van der Waals surface area contributed by atoms with Gasteiger partial charge in [-0.3, -0.25) is 4.79 Å². The summed E-state index contributed by atoms with van der Waals surface area (Å²) in [6, 6.07) is 4.88. The molecule has 2 heterocycles. The number of aliphatic hydroxyl groups is 1. The molecule has 2 aliphatic rings. The van der Waals surface area contributed by atoms with Crippen LogP contribution >= 0.6 is 0 Å². The van der Waals surface area contributed by atoms with Crippen LogP contribution in [-0.4, -0.2) is 47.3 Å². The van der Waals surface area contributed by atoms with E-state index < -0.39 is 23.4 Å². The van der Waals surface area contributed by atoms with Crippen molar-refractivity contribution < 1.29 is 27.8 Å². The number of aliphatic hydroxyl groups excluding tert-OH is 1. The van der Waals surface area contributed by atoms with Crippen molar-refractivity contribution in [2.24, 2.45) is 0 Å². The van der Waals surface area contributed by atoms with Crippen LogP contribution in [0, 0.1) is 0 Å². The molecule has 138 valence electrons. The molecular weight excluding hydrogens is 335 g/mol. The highest BCUT2D eigenvalue weighted by Crippen LogP contribution is 2.35. The van der Waals surface area contributed by atoms with Crippen LogP contribution < -0.4 is 0 Å². The number of carbonyl (C=O) groups is 1. The van der Waals surface area contributed by atoms with Crippen LogP contribution in [0.2, 0.25) is 0 Å². The molecule has 1 atom stereocenters. The van der Waals surface area contributed by atoms with Gasteiger partial charge in [0.2, 0.25) is 5.91 Å². The van der Waals surface area contributed by atoms with E-state index in [1.807, 2.05) is 0 Å². The summed E-state index contributed by atoms with van der Waals surface area (Å²) in [6.45, 7) is 1.53. The predicted molar refractivity (Wildman–Crippen MR) is 84.9 cm³/mol. The number of hydrogen-bond acceptors (Lipinski definition) is 3. The fourth-order valence-electron chi connectivity index (χ4n) is 3.67. The van der Waals surface area contributed by atoms with Crippen LogP contribution in [-0.2, 0) is 22.1 Å². The van der Waals surface area contributed by atoms with Crippen molar-refractivity contribution in [2.45, 2.75) is 50.0 Å². The Morgan fingerprint density at radius 2 is 2.04 bits per heavy atom. The van der Waals surface area contributed by atoms with Gasteiger partial charge in [0.1, 0.15) is 0 Å². The molecule has 25 heavy (non-hydrogen) atoms. The Bertz CT molecular complexity index is 624. The van der Waals surface area contributed by atoms with E-state index in [9.17, 15) is 23.1 Å². The Morgan fingerprint density at radius 1 is 1.32 bits per heavy atom. The first-order chi connectivity index (χ1) is 11.8. The van der Waals surface area contributed by atoms with Gasteiger partial charge in [0.15, 0.2) is 0 Å². The molecule has 2 aliphatic heterocycles. The molecule has 3 rings (SSSR count). The van der Waals surface area contributed by atoms with Gasteiger partial charge in [-0.15, -0.1) is 0 Å². The molecule has 0 bridgehead atoms. The van der Waals surface area contributed by atoms with Crippen LogP contribution in [0.4, 0.5) is 13.2 Å². The molecule has 1 spiro atoms. The largest absolute Gasteiger partial charge is 0.416 e. The number of piperidine rings is 1. The second kappa shape index (κ2) is 6.96. The molecule has 0 unspecified atom stereocenters. The first-order valence-electron chi connectivity index (χ1n) is 8.56. The second-order valence-corrected chi connectivity index (χ2v) is 6.83. The smallest absolute Gasteiger partial charge is 0.390 e. The highest BCUT2D eigenvalue weighted by molar-refractivity contribution is 5.79. The maximum atomic E-state index is 12.8. The summed E-state index contributed by atoms with van der Waals surface area (Å²) in [4.78, 5) is 14.1. The van der Waals surface area contributed by atoms with E-state index in [-0.39, 0.29) is 12.3 Å². The highest BCUT2D eigenvalue weighted by Gasteiger charge is 2.44. The van der Waals surface area contributed by atoms with Gasteiger partial charge in [0, 0.05) is 19.7 Å². The van der Waals surface area contributed by atoms with Gasteiger partial charge in [-0.2, -0.15) is 13.2 Å². The van der Waals surface area contributed by atoms with E-state index in [4.69, 9.17) is 4.74 Å². The molecule has 0 aliphatic carbocycles. The lowest BCUT2D eigenvalue weighted by atomic mass is 9.82. The number of nitrogens with zero attached hydrogens (tertiary/aromatic N) is 1. The van der Waals surface area contributed by atoms with Gasteiger partial charge < -0.3 is 14.7 Å². The highest BCUT2D eigenvalue weighted by atomic mass is 19.4. The first kappa shape index (κ1) is 18.2. The van der Waals surface area contributed by atoms with Crippen LogP contribution in [0.15, 0.2) is 24.3 Å². The summed E-state index contributed by atoms with van der Waals surface area (Å²) < 4.78 is 44.1. The van der Waals surface area contributed by atoms with Crippen LogP contribution in [0.3, 0.4) is 0 Å². The molecule has 1 aromatic carbocycles. The molecule has 7 heteroatoms. The fraction of sp³-hybridized carbons (Fsp3) is 0.611. The number of hydrogen-bond donors (Lipinski definition) is 1. The summed E-state index contributed by atoms with van der Waals surface area (Å²) in [5, 5.41) is 10.2. The minimum atomic E-state index is -4.41. The number of ether oxygens (including phenoxy) is 1. The van der Waals surface area contributed by atoms with Gasteiger partial charge >= 0.3 is 6.18 Å². The topological polar surface area (TPSA) is 49.8 Å². The van der Waals surface area contributed by atoms with Crippen LogP contribution in [0.5, 0.6) is 0 Å². The molecule has 2 fully saturated rings. The van der Waals surface area contributed by atoms with Gasteiger partial charge in [0.25, 0.3) is 0 Å². The standard InChI is InChI=1S/C18H22F3NO3/c19-18(20,21)14-4-1-3-13(11-14)12-16(24)22-8-6-17(7-9-22)15(23)5-2-10-25-17/h1,3-4,11,15,23H,2,5-10,12H2/t15-/m0/s1. The summed E-state index contributed by atoms with van der Waals surface area (Å²) in [5.74, 6) is -0.195. The molecule has 4 nitrogen and oxygen atoms in total. The fourth-order valence-corrected chi connectivity index (χ4v) is 3.67. The minimum Gasteiger partial charge on any atom is -0.390 e. The number of halogens is 3. The minimum absolute atomic E-state index is 0.0552. The molecule has 2 saturated heterocycles. The van der Waals surface area contributed by atoms with E-state index in [1.54, 1.807) is 4.90 Å². The third kappa shape index (κ3) is 3.98. The second-order valence-electron chi connectivity index (χ2n) is 6.83. The van der Waals surface area contributed by atoms with Crippen molar-refractivity contribution >= 4 is 5.91 Å². The van der Waals surface area contributed by atoms with E-state index in [0.29, 0.717) is 44.5 Å². The summed E-state index contributed by atoms with van der Waals surface area (Å²) in [6.07, 6.45) is -2.32. The van der Waals surface area contributed by atoms with Crippen molar-refractivity contribution in [3.05, 3.63) is 35.4 Å². The Morgan fingerprint density at radius 3 is 2.68 bits per heavy atom. The molecule has 0 saturated carbocycles. The van der Waals surface area contributed by atoms with Gasteiger partial charge in [-0.1, -0.05) is 18.2 Å². The quantitative estimate of drug-likeness (QED) is 0.886. The summed E-state index contributed by atoms with van der Waals surface area (Å²) in [5.41, 5.74) is -0.950. The third-order valence-corrected chi connectivity index (χ3v) is 5.19. The number of carbonyl (C=O) groups excluding carboxylic acids is 1. The van der Waals surface area contributed by atoms with Crippen molar-refractivity contribution in [2.75, 3.05) is 19.7 Å². The SMILES string of the molecule is O=C(Cc1cccc(C(F)(F)F)c1)N1CCC2(CC1)OCCC[C@@H]2O.